The van der Waals surface area contributed by atoms with E-state index in [4.69, 9.17) is 0 Å². The highest BCUT2D eigenvalue weighted by Crippen LogP contribution is 2.14. The highest BCUT2D eigenvalue weighted by atomic mass is 32.1. The molecule has 0 bridgehead atoms. The van der Waals surface area contributed by atoms with Gasteiger partial charge in [-0.3, -0.25) is 4.68 Å². The first-order valence-corrected chi connectivity index (χ1v) is 7.59. The monoisotopic (exact) mass is 291 g/mol. The Bertz CT molecular complexity index is 570. The van der Waals surface area contributed by atoms with E-state index in [1.54, 1.807) is 16.0 Å². The summed E-state index contributed by atoms with van der Waals surface area (Å²) in [5, 5.41) is 12.9. The fourth-order valence-corrected chi connectivity index (χ4v) is 2.66. The van der Waals surface area contributed by atoms with Crippen LogP contribution < -0.4 is 10.6 Å². The molecule has 0 amide bonds. The van der Waals surface area contributed by atoms with Crippen molar-refractivity contribution in [2.75, 3.05) is 6.54 Å². The SMILES string of the molecule is CCNC(=NCc1cnn(C)c1)NCc1sccc1C. The Morgan fingerprint density at radius 2 is 2.30 bits per heavy atom. The molecular formula is C14H21N5S. The van der Waals surface area contributed by atoms with E-state index in [2.05, 4.69) is 46.0 Å². The van der Waals surface area contributed by atoms with Gasteiger partial charge in [-0.05, 0) is 30.9 Å². The van der Waals surface area contributed by atoms with Crippen LogP contribution in [-0.2, 0) is 20.1 Å². The molecule has 0 aliphatic heterocycles. The highest BCUT2D eigenvalue weighted by molar-refractivity contribution is 7.10. The van der Waals surface area contributed by atoms with E-state index in [1.807, 2.05) is 19.4 Å². The summed E-state index contributed by atoms with van der Waals surface area (Å²) in [6.45, 7) is 6.49. The molecule has 2 heterocycles. The Morgan fingerprint density at radius 3 is 2.90 bits per heavy atom. The lowest BCUT2D eigenvalue weighted by molar-refractivity contribution is 0.766. The number of rotatable bonds is 5. The average Bonchev–Trinajstić information content (AvgIpc) is 3.02. The molecule has 5 nitrogen and oxygen atoms in total. The summed E-state index contributed by atoms with van der Waals surface area (Å²) in [5.41, 5.74) is 2.43. The van der Waals surface area contributed by atoms with Crippen molar-refractivity contribution in [2.45, 2.75) is 26.9 Å². The first-order valence-electron chi connectivity index (χ1n) is 6.71. The van der Waals surface area contributed by atoms with Gasteiger partial charge in [-0.25, -0.2) is 4.99 Å². The molecule has 0 spiro atoms. The summed E-state index contributed by atoms with van der Waals surface area (Å²) >= 11 is 1.77. The highest BCUT2D eigenvalue weighted by Gasteiger charge is 2.02. The van der Waals surface area contributed by atoms with E-state index in [-0.39, 0.29) is 0 Å². The summed E-state index contributed by atoms with van der Waals surface area (Å²) < 4.78 is 1.79. The first-order chi connectivity index (χ1) is 9.69. The Kier molecular flexibility index (Phi) is 5.17. The molecule has 2 aromatic rings. The minimum atomic E-state index is 0.632. The van der Waals surface area contributed by atoms with E-state index in [1.165, 1.54) is 10.4 Å². The molecule has 0 aliphatic rings. The van der Waals surface area contributed by atoms with Gasteiger partial charge in [-0.15, -0.1) is 11.3 Å². The van der Waals surface area contributed by atoms with E-state index in [0.29, 0.717) is 6.54 Å². The molecule has 2 aromatic heterocycles. The molecule has 0 aliphatic carbocycles. The van der Waals surface area contributed by atoms with Crippen LogP contribution in [0.5, 0.6) is 0 Å². The van der Waals surface area contributed by atoms with Gasteiger partial charge in [0.05, 0.1) is 19.3 Å². The summed E-state index contributed by atoms with van der Waals surface area (Å²) in [7, 11) is 1.91. The smallest absolute Gasteiger partial charge is 0.191 e. The topological polar surface area (TPSA) is 54.2 Å². The first kappa shape index (κ1) is 14.6. The Balaban J connectivity index is 1.94. The van der Waals surface area contributed by atoms with E-state index >= 15 is 0 Å². The summed E-state index contributed by atoms with van der Waals surface area (Å²) in [4.78, 5) is 5.92. The molecule has 0 saturated heterocycles. The van der Waals surface area contributed by atoms with Crippen LogP contribution in [0.4, 0.5) is 0 Å². The maximum atomic E-state index is 4.57. The van der Waals surface area contributed by atoms with Crippen LogP contribution in [0.25, 0.3) is 0 Å². The van der Waals surface area contributed by atoms with Crippen molar-refractivity contribution in [1.29, 1.82) is 0 Å². The summed E-state index contributed by atoms with van der Waals surface area (Å²) in [5.74, 6) is 0.837. The van der Waals surface area contributed by atoms with Crippen molar-refractivity contribution in [3.05, 3.63) is 39.8 Å². The van der Waals surface area contributed by atoms with Crippen molar-refractivity contribution in [3.8, 4) is 0 Å². The normalized spacial score (nSPS) is 11.7. The van der Waals surface area contributed by atoms with Crippen LogP contribution in [-0.4, -0.2) is 22.3 Å². The fourth-order valence-electron chi connectivity index (χ4n) is 1.81. The third-order valence-electron chi connectivity index (χ3n) is 2.91. The molecule has 20 heavy (non-hydrogen) atoms. The second-order valence-corrected chi connectivity index (χ2v) is 5.60. The predicted molar refractivity (Wildman–Crippen MR) is 83.9 cm³/mol. The van der Waals surface area contributed by atoms with E-state index < -0.39 is 0 Å². The minimum absolute atomic E-state index is 0.632. The molecule has 0 saturated carbocycles. The van der Waals surface area contributed by atoms with Gasteiger partial charge in [0.15, 0.2) is 5.96 Å². The molecule has 0 aromatic carbocycles. The third-order valence-corrected chi connectivity index (χ3v) is 3.93. The Morgan fingerprint density at radius 1 is 1.45 bits per heavy atom. The van der Waals surface area contributed by atoms with Crippen molar-refractivity contribution in [1.82, 2.24) is 20.4 Å². The molecule has 2 rings (SSSR count). The lowest BCUT2D eigenvalue weighted by atomic mass is 10.3. The number of nitrogens with zero attached hydrogens (tertiary/aromatic N) is 3. The number of hydrogen-bond donors (Lipinski definition) is 2. The zero-order valence-corrected chi connectivity index (χ0v) is 13.0. The Hall–Kier alpha value is -1.82. The number of thiophene rings is 1. The average molecular weight is 291 g/mol. The van der Waals surface area contributed by atoms with Crippen molar-refractivity contribution >= 4 is 17.3 Å². The van der Waals surface area contributed by atoms with Crippen LogP contribution in [0.3, 0.4) is 0 Å². The van der Waals surface area contributed by atoms with Gasteiger partial charge in [-0.2, -0.15) is 5.10 Å². The maximum Gasteiger partial charge on any atom is 0.191 e. The van der Waals surface area contributed by atoms with Crippen LogP contribution in [0.1, 0.15) is 22.9 Å². The van der Waals surface area contributed by atoms with Gasteiger partial charge in [0, 0.05) is 30.2 Å². The maximum absolute atomic E-state index is 4.57. The number of hydrogen-bond acceptors (Lipinski definition) is 3. The zero-order valence-electron chi connectivity index (χ0n) is 12.2. The summed E-state index contributed by atoms with van der Waals surface area (Å²) in [6.07, 6.45) is 3.83. The van der Waals surface area contributed by atoms with Crippen LogP contribution in [0, 0.1) is 6.92 Å². The molecule has 108 valence electrons. The molecule has 0 radical (unpaired) electrons. The van der Waals surface area contributed by atoms with Crippen LogP contribution in [0.2, 0.25) is 0 Å². The molecule has 6 heteroatoms. The van der Waals surface area contributed by atoms with Gasteiger partial charge in [-0.1, -0.05) is 0 Å². The second kappa shape index (κ2) is 7.09. The third kappa shape index (κ3) is 4.09. The van der Waals surface area contributed by atoms with Crippen LogP contribution in [0.15, 0.2) is 28.8 Å². The van der Waals surface area contributed by atoms with Gasteiger partial charge in [0.1, 0.15) is 0 Å². The van der Waals surface area contributed by atoms with Crippen molar-refractivity contribution < 1.29 is 0 Å². The number of guanidine groups is 1. The number of aliphatic imine (C=N–C) groups is 1. The number of aryl methyl sites for hydroxylation is 2. The standard InChI is InChI=1S/C14H21N5S/c1-4-15-14(16-7-12-8-18-19(3)10-12)17-9-13-11(2)5-6-20-13/h5-6,8,10H,4,7,9H2,1-3H3,(H2,15,16,17). The molecule has 0 unspecified atom stereocenters. The predicted octanol–water partition coefficient (Wildman–Crippen LogP) is 2.05. The van der Waals surface area contributed by atoms with E-state index in [0.717, 1.165) is 24.6 Å². The van der Waals surface area contributed by atoms with Gasteiger partial charge >= 0.3 is 0 Å². The number of nitrogens with one attached hydrogen (secondary N) is 2. The minimum Gasteiger partial charge on any atom is -0.357 e. The van der Waals surface area contributed by atoms with Crippen molar-refractivity contribution in [3.63, 3.8) is 0 Å². The molecular weight excluding hydrogens is 270 g/mol. The van der Waals surface area contributed by atoms with E-state index in [9.17, 15) is 0 Å². The largest absolute Gasteiger partial charge is 0.357 e. The molecule has 0 atom stereocenters. The quantitative estimate of drug-likeness (QED) is 0.655. The van der Waals surface area contributed by atoms with Gasteiger partial charge in [0.25, 0.3) is 0 Å². The summed E-state index contributed by atoms with van der Waals surface area (Å²) in [6, 6.07) is 2.14. The van der Waals surface area contributed by atoms with Crippen molar-refractivity contribution in [2.24, 2.45) is 12.0 Å². The lowest BCUT2D eigenvalue weighted by Gasteiger charge is -2.10. The zero-order chi connectivity index (χ0) is 14.4. The fraction of sp³-hybridized carbons (Fsp3) is 0.429. The van der Waals surface area contributed by atoms with Crippen LogP contribution >= 0.6 is 11.3 Å². The molecule has 0 fully saturated rings. The lowest BCUT2D eigenvalue weighted by Crippen LogP contribution is -2.36. The van der Waals surface area contributed by atoms with Gasteiger partial charge in [0.2, 0.25) is 0 Å². The molecule has 2 N–H and O–H groups in total. The Labute approximate surface area is 123 Å². The number of aromatic nitrogens is 2. The van der Waals surface area contributed by atoms with Gasteiger partial charge < -0.3 is 10.6 Å². The second-order valence-electron chi connectivity index (χ2n) is 4.60.